The van der Waals surface area contributed by atoms with Crippen molar-refractivity contribution in [2.45, 2.75) is 6.42 Å². The lowest BCUT2D eigenvalue weighted by Gasteiger charge is -2.17. The molecular formula is C13H16F2N2O. The Morgan fingerprint density at radius 1 is 1.50 bits per heavy atom. The van der Waals surface area contributed by atoms with Gasteiger partial charge in [-0.3, -0.25) is 4.79 Å². The number of halogens is 2. The number of hydrogen-bond acceptors (Lipinski definition) is 2. The van der Waals surface area contributed by atoms with E-state index in [2.05, 4.69) is 5.32 Å². The number of carbonyl (C=O) groups is 1. The number of rotatable bonds is 3. The van der Waals surface area contributed by atoms with Crippen LogP contribution in [0.5, 0.6) is 0 Å². The monoisotopic (exact) mass is 254 g/mol. The minimum Gasteiger partial charge on any atom is -0.338 e. The number of carbonyl (C=O) groups excluding carboxylic acids is 1. The maximum Gasteiger partial charge on any atom is 0.256 e. The van der Waals surface area contributed by atoms with Gasteiger partial charge in [0.15, 0.2) is 0 Å². The normalized spacial score (nSPS) is 19.3. The van der Waals surface area contributed by atoms with Crippen LogP contribution in [-0.2, 0) is 0 Å². The largest absolute Gasteiger partial charge is 0.338 e. The van der Waals surface area contributed by atoms with E-state index in [1.54, 1.807) is 4.90 Å². The number of hydrogen-bond donors (Lipinski definition) is 1. The molecule has 0 saturated carbocycles. The van der Waals surface area contributed by atoms with E-state index in [0.717, 1.165) is 31.2 Å². The van der Waals surface area contributed by atoms with Crippen molar-refractivity contribution in [2.24, 2.45) is 5.92 Å². The molecule has 1 atom stereocenters. The van der Waals surface area contributed by atoms with Crippen LogP contribution >= 0.6 is 0 Å². The molecule has 0 aromatic heterocycles. The molecule has 98 valence electrons. The predicted molar refractivity (Wildman–Crippen MR) is 64.3 cm³/mol. The highest BCUT2D eigenvalue weighted by molar-refractivity contribution is 5.94. The zero-order valence-electron chi connectivity index (χ0n) is 10.2. The van der Waals surface area contributed by atoms with Crippen LogP contribution in [-0.4, -0.2) is 37.5 Å². The van der Waals surface area contributed by atoms with Gasteiger partial charge in [0.05, 0.1) is 5.56 Å². The van der Waals surface area contributed by atoms with Gasteiger partial charge in [-0.1, -0.05) is 0 Å². The third-order valence-electron chi connectivity index (χ3n) is 3.22. The van der Waals surface area contributed by atoms with E-state index in [1.165, 1.54) is 0 Å². The summed E-state index contributed by atoms with van der Waals surface area (Å²) < 4.78 is 26.5. The van der Waals surface area contributed by atoms with Crippen molar-refractivity contribution < 1.29 is 13.6 Å². The van der Waals surface area contributed by atoms with E-state index in [1.807, 2.05) is 7.05 Å². The van der Waals surface area contributed by atoms with Crippen LogP contribution in [0.1, 0.15) is 16.8 Å². The summed E-state index contributed by atoms with van der Waals surface area (Å²) in [4.78, 5) is 13.7. The first-order valence-corrected chi connectivity index (χ1v) is 6.00. The molecule has 0 radical (unpaired) electrons. The van der Waals surface area contributed by atoms with Gasteiger partial charge in [-0.15, -0.1) is 0 Å². The Kier molecular flexibility index (Phi) is 3.91. The number of nitrogens with zero attached hydrogens (tertiary/aromatic N) is 1. The minimum absolute atomic E-state index is 0.180. The fourth-order valence-electron chi connectivity index (χ4n) is 2.30. The summed E-state index contributed by atoms with van der Waals surface area (Å²) in [5, 5.41) is 3.06. The quantitative estimate of drug-likeness (QED) is 0.889. The Bertz CT molecular complexity index is 451. The molecule has 1 amide bonds. The molecule has 0 aliphatic carbocycles. The third-order valence-corrected chi connectivity index (χ3v) is 3.22. The van der Waals surface area contributed by atoms with Gasteiger partial charge in [-0.2, -0.15) is 0 Å². The van der Waals surface area contributed by atoms with Crippen LogP contribution in [0.25, 0.3) is 0 Å². The molecule has 0 unspecified atom stereocenters. The Morgan fingerprint density at radius 2 is 2.28 bits per heavy atom. The molecular weight excluding hydrogens is 238 g/mol. The van der Waals surface area contributed by atoms with Crippen LogP contribution in [0.15, 0.2) is 18.2 Å². The molecule has 5 heteroatoms. The van der Waals surface area contributed by atoms with Crippen LogP contribution < -0.4 is 5.32 Å². The number of likely N-dealkylation sites (tertiary alicyclic amines) is 1. The number of amides is 1. The van der Waals surface area contributed by atoms with Crippen molar-refractivity contribution in [1.29, 1.82) is 0 Å². The maximum atomic E-state index is 13.5. The lowest BCUT2D eigenvalue weighted by molar-refractivity contribution is 0.0782. The first-order valence-electron chi connectivity index (χ1n) is 6.00. The summed E-state index contributed by atoms with van der Waals surface area (Å²) >= 11 is 0. The van der Waals surface area contributed by atoms with Gasteiger partial charge in [0.25, 0.3) is 5.91 Å². The summed E-state index contributed by atoms with van der Waals surface area (Å²) in [7, 11) is 1.86. The van der Waals surface area contributed by atoms with Crippen molar-refractivity contribution in [1.82, 2.24) is 10.2 Å². The zero-order valence-corrected chi connectivity index (χ0v) is 10.2. The lowest BCUT2D eigenvalue weighted by atomic mass is 10.1. The summed E-state index contributed by atoms with van der Waals surface area (Å²) in [5.74, 6) is -1.30. The van der Waals surface area contributed by atoms with Crippen molar-refractivity contribution in [3.63, 3.8) is 0 Å². The number of benzene rings is 1. The Balaban J connectivity index is 2.10. The average molecular weight is 254 g/mol. The smallest absolute Gasteiger partial charge is 0.256 e. The van der Waals surface area contributed by atoms with Crippen LogP contribution in [0.4, 0.5) is 8.78 Å². The standard InChI is InChI=1S/C13H16F2N2O/c1-16-7-9-4-5-17(8-9)13(18)11-6-10(14)2-3-12(11)15/h2-3,6,9,16H,4-5,7-8H2,1H3/t9-/m1/s1. The lowest BCUT2D eigenvalue weighted by Crippen LogP contribution is -2.31. The highest BCUT2D eigenvalue weighted by Crippen LogP contribution is 2.20. The van der Waals surface area contributed by atoms with Crippen molar-refractivity contribution >= 4 is 5.91 Å². The second-order valence-corrected chi connectivity index (χ2v) is 4.59. The third kappa shape index (κ3) is 2.67. The van der Waals surface area contributed by atoms with Gasteiger partial charge in [-0.25, -0.2) is 8.78 Å². The predicted octanol–water partition coefficient (Wildman–Crippen LogP) is 1.65. The Labute approximate surface area is 105 Å². The molecule has 1 aromatic rings. The first kappa shape index (κ1) is 13.0. The van der Waals surface area contributed by atoms with Crippen molar-refractivity contribution in [3.8, 4) is 0 Å². The first-order chi connectivity index (χ1) is 8.61. The molecule has 1 aliphatic heterocycles. The minimum atomic E-state index is -0.668. The summed E-state index contributed by atoms with van der Waals surface area (Å²) in [6.45, 7) is 2.02. The molecule has 1 saturated heterocycles. The summed E-state index contributed by atoms with van der Waals surface area (Å²) in [5.41, 5.74) is -0.180. The van der Waals surface area contributed by atoms with Crippen LogP contribution in [0.2, 0.25) is 0 Å². The van der Waals surface area contributed by atoms with Crippen LogP contribution in [0.3, 0.4) is 0 Å². The SMILES string of the molecule is CNC[C@H]1CCN(C(=O)c2cc(F)ccc2F)C1. The van der Waals surface area contributed by atoms with E-state index < -0.39 is 17.5 Å². The summed E-state index contributed by atoms with van der Waals surface area (Å²) in [6.07, 6.45) is 0.892. The van der Waals surface area contributed by atoms with Crippen molar-refractivity contribution in [2.75, 3.05) is 26.7 Å². The van der Waals surface area contributed by atoms with Gasteiger partial charge in [0.1, 0.15) is 11.6 Å². The summed E-state index contributed by atoms with van der Waals surface area (Å²) in [6, 6.07) is 2.96. The molecule has 1 N–H and O–H groups in total. The Hall–Kier alpha value is -1.49. The highest BCUT2D eigenvalue weighted by atomic mass is 19.1. The zero-order chi connectivity index (χ0) is 13.1. The molecule has 1 fully saturated rings. The van der Waals surface area contributed by atoms with Gasteiger partial charge in [0, 0.05) is 13.1 Å². The molecule has 2 rings (SSSR count). The molecule has 1 aliphatic rings. The fourth-order valence-corrected chi connectivity index (χ4v) is 2.30. The number of nitrogens with one attached hydrogen (secondary N) is 1. The molecule has 0 bridgehead atoms. The maximum absolute atomic E-state index is 13.5. The Morgan fingerprint density at radius 3 is 3.00 bits per heavy atom. The topological polar surface area (TPSA) is 32.3 Å². The molecule has 18 heavy (non-hydrogen) atoms. The van der Waals surface area contributed by atoms with E-state index in [-0.39, 0.29) is 5.56 Å². The van der Waals surface area contributed by atoms with Crippen LogP contribution in [0, 0.1) is 17.6 Å². The molecule has 0 spiro atoms. The van der Waals surface area contributed by atoms with Crippen molar-refractivity contribution in [3.05, 3.63) is 35.4 Å². The van der Waals surface area contributed by atoms with E-state index >= 15 is 0 Å². The van der Waals surface area contributed by atoms with E-state index in [9.17, 15) is 13.6 Å². The van der Waals surface area contributed by atoms with Gasteiger partial charge < -0.3 is 10.2 Å². The van der Waals surface area contributed by atoms with Gasteiger partial charge in [0.2, 0.25) is 0 Å². The van der Waals surface area contributed by atoms with E-state index in [4.69, 9.17) is 0 Å². The molecule has 3 nitrogen and oxygen atoms in total. The molecule has 1 heterocycles. The highest BCUT2D eigenvalue weighted by Gasteiger charge is 2.28. The van der Waals surface area contributed by atoms with E-state index in [0.29, 0.717) is 19.0 Å². The van der Waals surface area contributed by atoms with Gasteiger partial charge >= 0.3 is 0 Å². The fraction of sp³-hybridized carbons (Fsp3) is 0.462. The average Bonchev–Trinajstić information content (AvgIpc) is 2.80. The van der Waals surface area contributed by atoms with Gasteiger partial charge in [-0.05, 0) is 44.1 Å². The molecule has 1 aromatic carbocycles. The second kappa shape index (κ2) is 5.44. The second-order valence-electron chi connectivity index (χ2n) is 4.59.